The highest BCUT2D eigenvalue weighted by molar-refractivity contribution is 5.87. The van der Waals surface area contributed by atoms with E-state index in [9.17, 15) is 18.8 Å². The minimum atomic E-state index is -1.03. The molecule has 0 saturated carbocycles. The zero-order valence-electron chi connectivity index (χ0n) is 22.3. The summed E-state index contributed by atoms with van der Waals surface area (Å²) in [4.78, 5) is 38.5. The van der Waals surface area contributed by atoms with E-state index in [4.69, 9.17) is 19.9 Å². The van der Waals surface area contributed by atoms with Crippen molar-refractivity contribution in [3.8, 4) is 0 Å². The molecule has 1 unspecified atom stereocenters. The van der Waals surface area contributed by atoms with E-state index in [1.807, 2.05) is 7.05 Å². The van der Waals surface area contributed by atoms with Gasteiger partial charge in [0.1, 0.15) is 6.61 Å². The van der Waals surface area contributed by atoms with Gasteiger partial charge < -0.3 is 30.2 Å². The number of anilines is 1. The smallest absolute Gasteiger partial charge is 0.417 e. The third kappa shape index (κ3) is 14.8. The first kappa shape index (κ1) is 34.2. The molecular weight excluding hydrogens is 459 g/mol. The molecular formula is C24H43FN4O6. The van der Waals surface area contributed by atoms with Gasteiger partial charge in [0.05, 0.1) is 13.7 Å². The van der Waals surface area contributed by atoms with E-state index in [-0.39, 0.29) is 19.1 Å². The zero-order chi connectivity index (χ0) is 27.4. The van der Waals surface area contributed by atoms with Crippen molar-refractivity contribution in [3.63, 3.8) is 0 Å². The summed E-state index contributed by atoms with van der Waals surface area (Å²) in [5.41, 5.74) is 6.57. The van der Waals surface area contributed by atoms with Crippen molar-refractivity contribution in [1.29, 1.82) is 0 Å². The van der Waals surface area contributed by atoms with Crippen LogP contribution in [0.4, 0.5) is 19.7 Å². The standard InChI is InChI=1S/C20H32N4O6.C3H8.CH3F/c1-14(2)18(29-17(25)12-21)30-20(27)24(5)16-8-6-15(7-9-16)13-28-19(26)23(4)11-10-22-3;1-3-2;1-2/h6-9,14,18,22H,10-13,21H2,1-5H3;3H2,1-2H3;1H3. The first-order chi connectivity index (χ1) is 16.6. The summed E-state index contributed by atoms with van der Waals surface area (Å²) >= 11 is 0. The largest absolute Gasteiger partial charge is 0.445 e. The lowest BCUT2D eigenvalue weighted by molar-refractivity contribution is -0.172. The van der Waals surface area contributed by atoms with Gasteiger partial charge in [-0.3, -0.25) is 14.1 Å². The van der Waals surface area contributed by atoms with E-state index >= 15 is 0 Å². The lowest BCUT2D eigenvalue weighted by Crippen LogP contribution is -2.37. The maximum atomic E-state index is 12.4. The molecule has 1 rings (SSSR count). The highest BCUT2D eigenvalue weighted by Gasteiger charge is 2.24. The Labute approximate surface area is 208 Å². The molecule has 1 aromatic rings. The number of nitrogens with zero attached hydrogens (tertiary/aromatic N) is 2. The van der Waals surface area contributed by atoms with E-state index in [2.05, 4.69) is 19.2 Å². The van der Waals surface area contributed by atoms with Crippen LogP contribution in [0.2, 0.25) is 0 Å². The molecule has 202 valence electrons. The number of amides is 2. The molecule has 0 aromatic heterocycles. The summed E-state index contributed by atoms with van der Waals surface area (Å²) in [5.74, 6) is -0.888. The molecule has 1 aromatic carbocycles. The SMILES string of the molecule is CCC.CF.CNCCN(C)C(=O)OCc1ccc(N(C)C(=O)OC(OC(=O)CN)C(C)C)cc1. The molecule has 0 heterocycles. The van der Waals surface area contributed by atoms with Crippen molar-refractivity contribution >= 4 is 23.8 Å². The molecule has 10 nitrogen and oxygen atoms in total. The van der Waals surface area contributed by atoms with Crippen molar-refractivity contribution in [2.24, 2.45) is 11.7 Å². The maximum Gasteiger partial charge on any atom is 0.417 e. The number of halogens is 1. The first-order valence-corrected chi connectivity index (χ1v) is 11.4. The van der Waals surface area contributed by atoms with Crippen molar-refractivity contribution < 1.29 is 33.0 Å². The quantitative estimate of drug-likeness (QED) is 0.368. The van der Waals surface area contributed by atoms with Crippen LogP contribution in [0, 0.1) is 5.92 Å². The highest BCUT2D eigenvalue weighted by Crippen LogP contribution is 2.18. The third-order valence-electron chi connectivity index (χ3n) is 4.14. The van der Waals surface area contributed by atoms with Crippen molar-refractivity contribution in [2.75, 3.05) is 52.9 Å². The van der Waals surface area contributed by atoms with Gasteiger partial charge in [-0.25, -0.2) is 9.59 Å². The molecule has 0 radical (unpaired) electrons. The molecule has 35 heavy (non-hydrogen) atoms. The van der Waals surface area contributed by atoms with Gasteiger partial charge in [0.25, 0.3) is 6.29 Å². The molecule has 0 bridgehead atoms. The molecule has 2 amide bonds. The zero-order valence-corrected chi connectivity index (χ0v) is 22.3. The number of nitrogens with one attached hydrogen (secondary N) is 1. The van der Waals surface area contributed by atoms with E-state index < -0.39 is 24.4 Å². The van der Waals surface area contributed by atoms with Crippen LogP contribution in [-0.4, -0.2) is 77.3 Å². The predicted molar refractivity (Wildman–Crippen MR) is 135 cm³/mol. The number of nitrogens with two attached hydrogens (primary N) is 1. The number of carbonyl (C=O) groups excluding carboxylic acids is 3. The number of rotatable bonds is 10. The Morgan fingerprint density at radius 2 is 1.57 bits per heavy atom. The number of alkyl halides is 1. The van der Waals surface area contributed by atoms with Crippen molar-refractivity contribution in [1.82, 2.24) is 10.2 Å². The lowest BCUT2D eigenvalue weighted by Gasteiger charge is -2.24. The second-order valence-electron chi connectivity index (χ2n) is 7.70. The average molecular weight is 503 g/mol. The van der Waals surface area contributed by atoms with Crippen molar-refractivity contribution in [2.45, 2.75) is 47.0 Å². The van der Waals surface area contributed by atoms with Gasteiger partial charge in [0.15, 0.2) is 0 Å². The summed E-state index contributed by atoms with van der Waals surface area (Å²) < 4.78 is 25.1. The number of esters is 1. The molecule has 0 spiro atoms. The average Bonchev–Trinajstić information content (AvgIpc) is 2.86. The fraction of sp³-hybridized carbons (Fsp3) is 0.625. The van der Waals surface area contributed by atoms with Crippen LogP contribution in [0.3, 0.4) is 0 Å². The second-order valence-corrected chi connectivity index (χ2v) is 7.70. The summed E-state index contributed by atoms with van der Waals surface area (Å²) in [6, 6.07) is 6.89. The van der Waals surface area contributed by atoms with Crippen LogP contribution in [-0.2, 0) is 25.6 Å². The van der Waals surface area contributed by atoms with Crippen LogP contribution in [0.1, 0.15) is 39.7 Å². The Bertz CT molecular complexity index is 718. The van der Waals surface area contributed by atoms with E-state index in [1.54, 1.807) is 45.2 Å². The molecule has 3 N–H and O–H groups in total. The van der Waals surface area contributed by atoms with Gasteiger partial charge in [-0.2, -0.15) is 0 Å². The summed E-state index contributed by atoms with van der Waals surface area (Å²) in [6.45, 7) is 8.79. The Hall–Kier alpha value is -2.92. The van der Waals surface area contributed by atoms with E-state index in [0.717, 1.165) is 5.56 Å². The fourth-order valence-electron chi connectivity index (χ4n) is 2.20. The normalized spacial score (nSPS) is 10.6. The van der Waals surface area contributed by atoms with Gasteiger partial charge in [-0.15, -0.1) is 0 Å². The van der Waals surface area contributed by atoms with Gasteiger partial charge in [0, 0.05) is 38.8 Å². The monoisotopic (exact) mass is 502 g/mol. The summed E-state index contributed by atoms with van der Waals surface area (Å²) in [7, 11) is 5.51. The highest BCUT2D eigenvalue weighted by atomic mass is 19.1. The molecule has 1 atom stereocenters. The molecule has 0 aliphatic carbocycles. The Balaban J connectivity index is 0. The summed E-state index contributed by atoms with van der Waals surface area (Å²) in [5, 5.41) is 2.96. The van der Waals surface area contributed by atoms with Crippen LogP contribution in [0.5, 0.6) is 0 Å². The Morgan fingerprint density at radius 1 is 1.03 bits per heavy atom. The fourth-order valence-corrected chi connectivity index (χ4v) is 2.20. The lowest BCUT2D eigenvalue weighted by atomic mass is 10.2. The predicted octanol–water partition coefficient (Wildman–Crippen LogP) is 3.53. The van der Waals surface area contributed by atoms with Crippen LogP contribution in [0.25, 0.3) is 0 Å². The minimum Gasteiger partial charge on any atom is -0.445 e. The number of hydrogen-bond donors (Lipinski definition) is 2. The number of carbonyl (C=O) groups is 3. The molecule has 0 fully saturated rings. The number of likely N-dealkylation sites (N-methyl/N-ethyl adjacent to an activating group) is 2. The van der Waals surface area contributed by atoms with Gasteiger partial charge in [0.2, 0.25) is 0 Å². The number of ether oxygens (including phenoxy) is 3. The molecule has 0 aliphatic heterocycles. The van der Waals surface area contributed by atoms with Gasteiger partial charge in [-0.05, 0) is 24.7 Å². The van der Waals surface area contributed by atoms with Crippen LogP contribution < -0.4 is 16.0 Å². The number of benzene rings is 1. The molecule has 0 saturated heterocycles. The first-order valence-electron chi connectivity index (χ1n) is 11.4. The summed E-state index contributed by atoms with van der Waals surface area (Å²) in [6.07, 6.45) is -0.875. The Kier molecular flexibility index (Phi) is 20.0. The third-order valence-corrected chi connectivity index (χ3v) is 4.14. The van der Waals surface area contributed by atoms with Gasteiger partial charge >= 0.3 is 18.2 Å². The van der Waals surface area contributed by atoms with E-state index in [0.29, 0.717) is 26.0 Å². The van der Waals surface area contributed by atoms with Gasteiger partial charge in [-0.1, -0.05) is 46.2 Å². The molecule has 0 aliphatic rings. The maximum absolute atomic E-state index is 12.4. The van der Waals surface area contributed by atoms with Crippen LogP contribution >= 0.6 is 0 Å². The van der Waals surface area contributed by atoms with Crippen LogP contribution in [0.15, 0.2) is 24.3 Å². The van der Waals surface area contributed by atoms with Crippen molar-refractivity contribution in [3.05, 3.63) is 29.8 Å². The molecule has 11 heteroatoms. The Morgan fingerprint density at radius 3 is 2.03 bits per heavy atom. The topological polar surface area (TPSA) is 123 Å². The second kappa shape index (κ2) is 20.5. The number of hydrogen-bond acceptors (Lipinski definition) is 8. The van der Waals surface area contributed by atoms with E-state index in [1.165, 1.54) is 23.3 Å². The minimum absolute atomic E-state index is 0.113.